The van der Waals surface area contributed by atoms with Crippen molar-refractivity contribution in [3.63, 3.8) is 0 Å². The molecule has 10 heavy (non-hydrogen) atoms. The second-order valence-corrected chi connectivity index (χ2v) is 2.89. The standard InChI is InChI=1S/C7H17FN2/c1-6(2)7(5-9-3)10(4)8/h6-7,9H,5H2,1-4H3. The summed E-state index contributed by atoms with van der Waals surface area (Å²) in [6, 6.07) is -0.00926. The predicted molar refractivity (Wildman–Crippen MR) is 41.4 cm³/mol. The van der Waals surface area contributed by atoms with Crippen molar-refractivity contribution in [3.8, 4) is 0 Å². The fraction of sp³-hybridized carbons (Fsp3) is 1.00. The van der Waals surface area contributed by atoms with Crippen molar-refractivity contribution < 1.29 is 4.48 Å². The smallest absolute Gasteiger partial charge is 0.0546 e. The molecule has 0 aliphatic carbocycles. The molecular weight excluding hydrogens is 131 g/mol. The first-order chi connectivity index (χ1) is 4.59. The molecule has 0 bridgehead atoms. The minimum atomic E-state index is -0.00926. The molecule has 2 nitrogen and oxygen atoms in total. The lowest BCUT2D eigenvalue weighted by molar-refractivity contribution is -0.00972. The highest BCUT2D eigenvalue weighted by atomic mass is 19.2. The average molecular weight is 148 g/mol. The molecule has 1 atom stereocenters. The molecule has 0 aromatic rings. The van der Waals surface area contributed by atoms with Crippen LogP contribution in [0.5, 0.6) is 0 Å². The summed E-state index contributed by atoms with van der Waals surface area (Å²) in [4.78, 5) is 0. The van der Waals surface area contributed by atoms with Crippen LogP contribution in [0.2, 0.25) is 0 Å². The van der Waals surface area contributed by atoms with Gasteiger partial charge in [-0.05, 0) is 13.0 Å². The highest BCUT2D eigenvalue weighted by Crippen LogP contribution is 2.07. The normalized spacial score (nSPS) is 14.7. The highest BCUT2D eigenvalue weighted by Gasteiger charge is 2.16. The van der Waals surface area contributed by atoms with Gasteiger partial charge in [-0.2, -0.15) is 0 Å². The molecule has 62 valence electrons. The fourth-order valence-corrected chi connectivity index (χ4v) is 0.981. The first kappa shape index (κ1) is 9.85. The maximum absolute atomic E-state index is 12.6. The van der Waals surface area contributed by atoms with E-state index in [1.54, 1.807) is 0 Å². The van der Waals surface area contributed by atoms with Crippen LogP contribution in [0.25, 0.3) is 0 Å². The van der Waals surface area contributed by atoms with E-state index in [0.717, 1.165) is 5.12 Å². The zero-order valence-corrected chi connectivity index (χ0v) is 7.19. The summed E-state index contributed by atoms with van der Waals surface area (Å²) >= 11 is 0. The van der Waals surface area contributed by atoms with E-state index in [4.69, 9.17) is 0 Å². The van der Waals surface area contributed by atoms with Crippen molar-refractivity contribution in [1.82, 2.24) is 10.4 Å². The minimum absolute atomic E-state index is 0.00926. The average Bonchev–Trinajstić information content (AvgIpc) is 1.81. The van der Waals surface area contributed by atoms with E-state index in [1.807, 2.05) is 20.9 Å². The van der Waals surface area contributed by atoms with Crippen molar-refractivity contribution in [2.45, 2.75) is 19.9 Å². The van der Waals surface area contributed by atoms with Gasteiger partial charge in [0.15, 0.2) is 0 Å². The molecule has 0 heterocycles. The molecule has 3 heteroatoms. The van der Waals surface area contributed by atoms with E-state index in [9.17, 15) is 4.48 Å². The lowest BCUT2D eigenvalue weighted by Crippen LogP contribution is -2.38. The number of likely N-dealkylation sites (N-methyl/N-ethyl adjacent to an activating group) is 2. The van der Waals surface area contributed by atoms with Crippen LogP contribution in [0.3, 0.4) is 0 Å². The molecule has 1 unspecified atom stereocenters. The summed E-state index contributed by atoms with van der Waals surface area (Å²) < 4.78 is 12.6. The van der Waals surface area contributed by atoms with Crippen LogP contribution in [-0.2, 0) is 0 Å². The number of halogens is 1. The number of rotatable bonds is 4. The van der Waals surface area contributed by atoms with Gasteiger partial charge in [0.25, 0.3) is 0 Å². The first-order valence-corrected chi connectivity index (χ1v) is 3.62. The van der Waals surface area contributed by atoms with Crippen LogP contribution in [0.15, 0.2) is 0 Å². The second kappa shape index (κ2) is 4.63. The summed E-state index contributed by atoms with van der Waals surface area (Å²) in [7, 11) is 3.29. The van der Waals surface area contributed by atoms with Gasteiger partial charge in [-0.25, -0.2) is 0 Å². The Kier molecular flexibility index (Phi) is 4.56. The second-order valence-electron chi connectivity index (χ2n) is 2.89. The third kappa shape index (κ3) is 3.13. The van der Waals surface area contributed by atoms with Crippen LogP contribution in [0.4, 0.5) is 4.48 Å². The molecule has 0 aromatic carbocycles. The Hall–Kier alpha value is -0.150. The Labute approximate surface area is 62.3 Å². The van der Waals surface area contributed by atoms with Crippen LogP contribution >= 0.6 is 0 Å². The molecule has 0 aliphatic rings. The quantitative estimate of drug-likeness (QED) is 0.599. The number of hydrogen-bond acceptors (Lipinski definition) is 2. The molecule has 0 saturated carbocycles. The first-order valence-electron chi connectivity index (χ1n) is 3.62. The SMILES string of the molecule is CNCC(C(C)C)N(C)F. The lowest BCUT2D eigenvalue weighted by atomic mass is 10.1. The maximum Gasteiger partial charge on any atom is 0.0546 e. The van der Waals surface area contributed by atoms with Crippen molar-refractivity contribution in [3.05, 3.63) is 0 Å². The topological polar surface area (TPSA) is 15.3 Å². The number of nitrogens with zero attached hydrogens (tertiary/aromatic N) is 1. The summed E-state index contributed by atoms with van der Waals surface area (Å²) in [5.74, 6) is 0.349. The van der Waals surface area contributed by atoms with Gasteiger partial charge in [-0.15, -0.1) is 9.60 Å². The van der Waals surface area contributed by atoms with E-state index in [2.05, 4.69) is 5.32 Å². The summed E-state index contributed by atoms with van der Waals surface area (Å²) in [5.41, 5.74) is 0. The molecule has 0 rings (SSSR count). The van der Waals surface area contributed by atoms with E-state index >= 15 is 0 Å². The van der Waals surface area contributed by atoms with Gasteiger partial charge in [0.05, 0.1) is 6.04 Å². The van der Waals surface area contributed by atoms with Crippen LogP contribution in [-0.4, -0.2) is 31.8 Å². The summed E-state index contributed by atoms with van der Waals surface area (Å²) in [6.45, 7) is 4.72. The summed E-state index contributed by atoms with van der Waals surface area (Å²) in [5, 5.41) is 3.71. The van der Waals surface area contributed by atoms with Gasteiger partial charge in [0, 0.05) is 13.6 Å². The third-order valence-corrected chi connectivity index (χ3v) is 1.64. The van der Waals surface area contributed by atoms with Crippen molar-refractivity contribution in [2.75, 3.05) is 20.6 Å². The minimum Gasteiger partial charge on any atom is -0.318 e. The molecule has 0 amide bonds. The molecule has 0 aromatic heterocycles. The van der Waals surface area contributed by atoms with E-state index in [0.29, 0.717) is 12.5 Å². The van der Waals surface area contributed by atoms with Gasteiger partial charge in [0.2, 0.25) is 0 Å². The molecular formula is C7H17FN2. The van der Waals surface area contributed by atoms with Crippen molar-refractivity contribution >= 4 is 0 Å². The lowest BCUT2D eigenvalue weighted by Gasteiger charge is -2.23. The Bertz CT molecular complexity index is 75.7. The molecule has 0 fully saturated rings. The molecule has 0 spiro atoms. The van der Waals surface area contributed by atoms with E-state index in [-0.39, 0.29) is 6.04 Å². The zero-order chi connectivity index (χ0) is 8.15. The summed E-state index contributed by atoms with van der Waals surface area (Å²) in [6.07, 6.45) is 0. The van der Waals surface area contributed by atoms with Gasteiger partial charge >= 0.3 is 0 Å². The van der Waals surface area contributed by atoms with Crippen molar-refractivity contribution in [1.29, 1.82) is 0 Å². The van der Waals surface area contributed by atoms with Gasteiger partial charge < -0.3 is 5.32 Å². The predicted octanol–water partition coefficient (Wildman–Crippen LogP) is 1.05. The number of nitrogens with one attached hydrogen (secondary N) is 1. The maximum atomic E-state index is 12.6. The van der Waals surface area contributed by atoms with Gasteiger partial charge in [0.1, 0.15) is 0 Å². The van der Waals surface area contributed by atoms with Crippen LogP contribution in [0.1, 0.15) is 13.8 Å². The Morgan fingerprint density at radius 3 is 2.10 bits per heavy atom. The van der Waals surface area contributed by atoms with Gasteiger partial charge in [-0.1, -0.05) is 13.8 Å². The molecule has 0 saturated heterocycles. The Morgan fingerprint density at radius 1 is 1.50 bits per heavy atom. The van der Waals surface area contributed by atoms with Crippen molar-refractivity contribution in [2.24, 2.45) is 5.92 Å². The number of hydrogen-bond donors (Lipinski definition) is 1. The van der Waals surface area contributed by atoms with Gasteiger partial charge in [-0.3, -0.25) is 0 Å². The Balaban J connectivity index is 3.73. The monoisotopic (exact) mass is 148 g/mol. The van der Waals surface area contributed by atoms with Crippen LogP contribution in [0, 0.1) is 5.92 Å². The Morgan fingerprint density at radius 2 is 2.00 bits per heavy atom. The highest BCUT2D eigenvalue weighted by molar-refractivity contribution is 4.68. The largest absolute Gasteiger partial charge is 0.318 e. The zero-order valence-electron chi connectivity index (χ0n) is 7.19. The van der Waals surface area contributed by atoms with E-state index < -0.39 is 0 Å². The molecule has 0 aliphatic heterocycles. The van der Waals surface area contributed by atoms with Crippen LogP contribution < -0.4 is 5.32 Å². The third-order valence-electron chi connectivity index (χ3n) is 1.64. The fourth-order valence-electron chi connectivity index (χ4n) is 0.981. The van der Waals surface area contributed by atoms with E-state index in [1.165, 1.54) is 7.05 Å². The molecule has 0 radical (unpaired) electrons. The molecule has 1 N–H and O–H groups in total.